The maximum Gasteiger partial charge on any atom is 0.310 e. The fraction of sp³-hybridized carbons (Fsp3) is 0.579. The van der Waals surface area contributed by atoms with E-state index in [9.17, 15) is 14.4 Å². The summed E-state index contributed by atoms with van der Waals surface area (Å²) in [6.45, 7) is 7.91. The first kappa shape index (κ1) is 20.7. The second kappa shape index (κ2) is 8.37. The van der Waals surface area contributed by atoms with Crippen LogP contribution in [0.15, 0.2) is 4.79 Å². The number of hydrogen-bond donors (Lipinski definition) is 2. The van der Waals surface area contributed by atoms with Crippen molar-refractivity contribution in [2.24, 2.45) is 18.9 Å². The highest BCUT2D eigenvalue weighted by atomic mass is 16.5. The zero-order chi connectivity index (χ0) is 20.3. The molecule has 0 aliphatic heterocycles. The molecule has 0 spiro atoms. The number of aryl methyl sites for hydroxylation is 3. The summed E-state index contributed by atoms with van der Waals surface area (Å²) in [5.74, 6) is -0.603. The molecule has 27 heavy (non-hydrogen) atoms. The van der Waals surface area contributed by atoms with Crippen LogP contribution in [-0.4, -0.2) is 40.3 Å². The van der Waals surface area contributed by atoms with Crippen LogP contribution in [0.1, 0.15) is 37.1 Å². The van der Waals surface area contributed by atoms with E-state index < -0.39 is 0 Å². The van der Waals surface area contributed by atoms with Crippen LogP contribution in [-0.2, 0) is 27.8 Å². The summed E-state index contributed by atoms with van der Waals surface area (Å²) in [5, 5.41) is 6.00. The van der Waals surface area contributed by atoms with E-state index in [-0.39, 0.29) is 36.3 Å². The molecule has 2 aromatic heterocycles. The summed E-state index contributed by atoms with van der Waals surface area (Å²) in [7, 11) is 3.08. The van der Waals surface area contributed by atoms with Crippen molar-refractivity contribution in [2.75, 3.05) is 13.7 Å². The first-order valence-corrected chi connectivity index (χ1v) is 9.05. The molecule has 0 unspecified atom stereocenters. The number of amides is 1. The van der Waals surface area contributed by atoms with Crippen LogP contribution in [0.3, 0.4) is 0 Å². The lowest BCUT2D eigenvalue weighted by Gasteiger charge is -2.18. The molecular formula is C19H28N4O4. The van der Waals surface area contributed by atoms with Gasteiger partial charge in [0.15, 0.2) is 5.65 Å². The first-order chi connectivity index (χ1) is 12.6. The lowest BCUT2D eigenvalue weighted by atomic mass is 9.97. The van der Waals surface area contributed by atoms with Gasteiger partial charge >= 0.3 is 5.97 Å². The van der Waals surface area contributed by atoms with Gasteiger partial charge in [-0.15, -0.1) is 0 Å². The number of fused-ring (bicyclic) bond motifs is 1. The molecule has 2 aromatic rings. The molecule has 1 amide bonds. The standard InChI is InChI=1S/C19H28N4O4/c1-10(2)7-13(19(26)27-6)9-20-15(24)8-14-11(3)16-17(21-12(14)4)23(5)22-18(16)25/h10,13H,7-9H2,1-6H3,(H,20,24)(H,22,25)/t13-/m0/s1. The highest BCUT2D eigenvalue weighted by Crippen LogP contribution is 2.20. The van der Waals surface area contributed by atoms with Crippen molar-refractivity contribution >= 4 is 22.9 Å². The summed E-state index contributed by atoms with van der Waals surface area (Å²) < 4.78 is 6.40. The number of rotatable bonds is 7. The maximum absolute atomic E-state index is 12.5. The second-order valence-electron chi connectivity index (χ2n) is 7.33. The molecule has 0 bridgehead atoms. The average molecular weight is 376 g/mol. The molecule has 1 atom stereocenters. The second-order valence-corrected chi connectivity index (χ2v) is 7.33. The largest absolute Gasteiger partial charge is 0.469 e. The van der Waals surface area contributed by atoms with E-state index in [2.05, 4.69) is 15.4 Å². The summed E-state index contributed by atoms with van der Waals surface area (Å²) in [4.78, 5) is 40.9. The Labute approximate surface area is 158 Å². The summed E-state index contributed by atoms with van der Waals surface area (Å²) in [6, 6.07) is 0. The number of aromatic amines is 1. The van der Waals surface area contributed by atoms with Crippen LogP contribution < -0.4 is 10.9 Å². The quantitative estimate of drug-likeness (QED) is 0.710. The molecule has 0 fully saturated rings. The van der Waals surface area contributed by atoms with Crippen LogP contribution in [0.2, 0.25) is 0 Å². The van der Waals surface area contributed by atoms with Crippen LogP contribution in [0.4, 0.5) is 0 Å². The van der Waals surface area contributed by atoms with E-state index in [4.69, 9.17) is 4.74 Å². The average Bonchev–Trinajstić information content (AvgIpc) is 2.88. The SMILES string of the molecule is COC(=O)[C@H](CNC(=O)Cc1c(C)nc2c(c1C)c(=O)[nH]n2C)CC(C)C. The van der Waals surface area contributed by atoms with E-state index in [1.54, 1.807) is 11.7 Å². The van der Waals surface area contributed by atoms with Gasteiger partial charge in [-0.2, -0.15) is 0 Å². The molecule has 0 aliphatic carbocycles. The Balaban J connectivity index is 2.17. The van der Waals surface area contributed by atoms with Crippen molar-refractivity contribution in [3.63, 3.8) is 0 Å². The Kier molecular flexibility index (Phi) is 6.41. The van der Waals surface area contributed by atoms with E-state index >= 15 is 0 Å². The molecule has 0 aliphatic rings. The summed E-state index contributed by atoms with van der Waals surface area (Å²) in [6.07, 6.45) is 0.739. The third-order valence-electron chi connectivity index (χ3n) is 4.75. The zero-order valence-electron chi connectivity index (χ0n) is 16.8. The van der Waals surface area contributed by atoms with E-state index in [1.165, 1.54) is 7.11 Å². The molecule has 0 saturated carbocycles. The number of hydrogen-bond acceptors (Lipinski definition) is 5. The van der Waals surface area contributed by atoms with Crippen LogP contribution in [0.5, 0.6) is 0 Å². The van der Waals surface area contributed by atoms with Crippen LogP contribution >= 0.6 is 0 Å². The monoisotopic (exact) mass is 376 g/mol. The number of methoxy groups -OCH3 is 1. The number of carbonyl (C=O) groups is 2. The molecule has 2 heterocycles. The predicted octanol–water partition coefficient (Wildman–Crippen LogP) is 1.37. The summed E-state index contributed by atoms with van der Waals surface area (Å²) >= 11 is 0. The molecule has 0 saturated heterocycles. The van der Waals surface area contributed by atoms with Gasteiger partial charge in [-0.1, -0.05) is 13.8 Å². The minimum absolute atomic E-state index is 0.102. The van der Waals surface area contributed by atoms with Gasteiger partial charge in [0.25, 0.3) is 5.56 Å². The Morgan fingerprint density at radius 3 is 2.56 bits per heavy atom. The Bertz CT molecular complexity index is 911. The highest BCUT2D eigenvalue weighted by molar-refractivity contribution is 5.85. The number of ether oxygens (including phenoxy) is 1. The van der Waals surface area contributed by atoms with Crippen molar-refractivity contribution in [1.29, 1.82) is 0 Å². The number of H-pyrrole nitrogens is 1. The number of pyridine rings is 1. The van der Waals surface area contributed by atoms with Gasteiger partial charge < -0.3 is 10.1 Å². The maximum atomic E-state index is 12.5. The smallest absolute Gasteiger partial charge is 0.310 e. The Morgan fingerprint density at radius 2 is 1.96 bits per heavy atom. The molecule has 0 aromatic carbocycles. The zero-order valence-corrected chi connectivity index (χ0v) is 16.8. The fourth-order valence-electron chi connectivity index (χ4n) is 3.37. The van der Waals surface area contributed by atoms with Gasteiger partial charge in [-0.05, 0) is 37.3 Å². The highest BCUT2D eigenvalue weighted by Gasteiger charge is 2.22. The summed E-state index contributed by atoms with van der Waals surface area (Å²) in [5.41, 5.74) is 2.54. The fourth-order valence-corrected chi connectivity index (χ4v) is 3.37. The van der Waals surface area contributed by atoms with Gasteiger partial charge in [0, 0.05) is 19.3 Å². The van der Waals surface area contributed by atoms with Crippen molar-refractivity contribution in [2.45, 2.75) is 40.5 Å². The third kappa shape index (κ3) is 4.56. The van der Waals surface area contributed by atoms with Crippen LogP contribution in [0.25, 0.3) is 11.0 Å². The van der Waals surface area contributed by atoms with Crippen molar-refractivity contribution < 1.29 is 14.3 Å². The van der Waals surface area contributed by atoms with E-state index in [0.717, 1.165) is 11.1 Å². The number of nitrogens with zero attached hydrogens (tertiary/aromatic N) is 2. The van der Waals surface area contributed by atoms with Crippen LogP contribution in [0, 0.1) is 25.7 Å². The minimum atomic E-state index is -0.376. The van der Waals surface area contributed by atoms with Gasteiger partial charge in [0.05, 0.1) is 24.8 Å². The number of nitrogens with one attached hydrogen (secondary N) is 2. The molecular weight excluding hydrogens is 348 g/mol. The molecule has 2 rings (SSSR count). The lowest BCUT2D eigenvalue weighted by molar-refractivity contribution is -0.145. The number of aromatic nitrogens is 3. The van der Waals surface area contributed by atoms with Gasteiger partial charge in [0.1, 0.15) is 0 Å². The van der Waals surface area contributed by atoms with Gasteiger partial charge in [-0.3, -0.25) is 24.2 Å². The van der Waals surface area contributed by atoms with Crippen molar-refractivity contribution in [3.05, 3.63) is 27.2 Å². The molecule has 8 heteroatoms. The number of esters is 1. The molecule has 148 valence electrons. The Morgan fingerprint density at radius 1 is 1.30 bits per heavy atom. The normalized spacial score (nSPS) is 12.4. The third-order valence-corrected chi connectivity index (χ3v) is 4.75. The Hall–Kier alpha value is -2.64. The van der Waals surface area contributed by atoms with Gasteiger partial charge in [-0.25, -0.2) is 4.98 Å². The first-order valence-electron chi connectivity index (χ1n) is 9.05. The van der Waals surface area contributed by atoms with E-state index in [1.807, 2.05) is 27.7 Å². The molecule has 0 radical (unpaired) electrons. The van der Waals surface area contributed by atoms with Crippen molar-refractivity contribution in [3.8, 4) is 0 Å². The van der Waals surface area contributed by atoms with Gasteiger partial charge in [0.2, 0.25) is 5.91 Å². The van der Waals surface area contributed by atoms with E-state index in [0.29, 0.717) is 29.1 Å². The lowest BCUT2D eigenvalue weighted by Crippen LogP contribution is -2.35. The minimum Gasteiger partial charge on any atom is -0.469 e. The predicted molar refractivity (Wildman–Crippen MR) is 102 cm³/mol. The topological polar surface area (TPSA) is 106 Å². The number of carbonyl (C=O) groups excluding carboxylic acids is 2. The molecule has 8 nitrogen and oxygen atoms in total. The van der Waals surface area contributed by atoms with Crippen molar-refractivity contribution in [1.82, 2.24) is 20.1 Å². The molecule has 2 N–H and O–H groups in total.